The molecule has 3 heterocycles. The largest absolute Gasteiger partial charge is 0.368 e. The van der Waals surface area contributed by atoms with Gasteiger partial charge in [-0.1, -0.05) is 30.9 Å². The minimum atomic E-state index is -0.548. The van der Waals surface area contributed by atoms with Crippen molar-refractivity contribution in [2.75, 3.05) is 25.5 Å². The smallest absolute Gasteiger partial charge is 0.140 e. The second-order valence-electron chi connectivity index (χ2n) is 8.43. The molecule has 2 aromatic heterocycles. The van der Waals surface area contributed by atoms with Crippen LogP contribution in [0.1, 0.15) is 11.1 Å². The Kier molecular flexibility index (Phi) is 7.05. The van der Waals surface area contributed by atoms with Gasteiger partial charge in [-0.05, 0) is 30.7 Å². The van der Waals surface area contributed by atoms with Crippen molar-refractivity contribution in [2.24, 2.45) is 11.0 Å². The van der Waals surface area contributed by atoms with E-state index in [0.29, 0.717) is 36.7 Å². The van der Waals surface area contributed by atoms with Gasteiger partial charge in [-0.2, -0.15) is 10.2 Å². The normalized spacial score (nSPS) is 13.5. The van der Waals surface area contributed by atoms with E-state index in [-0.39, 0.29) is 11.6 Å². The van der Waals surface area contributed by atoms with Gasteiger partial charge in [-0.15, -0.1) is 0 Å². The summed E-state index contributed by atoms with van der Waals surface area (Å²) in [5.41, 5.74) is 7.88. The Morgan fingerprint density at radius 3 is 2.69 bits per heavy atom. The predicted molar refractivity (Wildman–Crippen MR) is 139 cm³/mol. The molecular formula is C26H29FN8. The minimum Gasteiger partial charge on any atom is -0.368 e. The van der Waals surface area contributed by atoms with Crippen LogP contribution in [0.15, 0.2) is 78.7 Å². The number of aromatic nitrogens is 3. The van der Waals surface area contributed by atoms with Crippen molar-refractivity contribution in [3.63, 3.8) is 0 Å². The molecule has 0 aliphatic carbocycles. The van der Waals surface area contributed by atoms with Crippen molar-refractivity contribution in [1.29, 1.82) is 5.41 Å². The van der Waals surface area contributed by atoms with E-state index >= 15 is 0 Å². The Balaban J connectivity index is 1.68. The zero-order valence-corrected chi connectivity index (χ0v) is 19.9. The van der Waals surface area contributed by atoms with E-state index in [4.69, 9.17) is 5.41 Å². The van der Waals surface area contributed by atoms with Gasteiger partial charge in [-0.3, -0.25) is 4.68 Å². The number of halogens is 1. The van der Waals surface area contributed by atoms with Crippen molar-refractivity contribution in [3.05, 3.63) is 84.7 Å². The summed E-state index contributed by atoms with van der Waals surface area (Å²) in [5.74, 6) is -0.0496. The average Bonchev–Trinajstić information content (AvgIpc) is 3.28. The summed E-state index contributed by atoms with van der Waals surface area (Å²) in [4.78, 5) is 6.38. The van der Waals surface area contributed by atoms with E-state index in [0.717, 1.165) is 22.4 Å². The van der Waals surface area contributed by atoms with Gasteiger partial charge in [0, 0.05) is 67.2 Å². The van der Waals surface area contributed by atoms with Gasteiger partial charge in [0.1, 0.15) is 11.6 Å². The number of nitrogens with one attached hydrogen (secondary N) is 3. The highest BCUT2D eigenvalue weighted by atomic mass is 19.1. The predicted octanol–water partition coefficient (Wildman–Crippen LogP) is 4.50. The molecule has 4 rings (SSSR count). The number of allylic oxidation sites excluding steroid dienone is 1. The SMILES string of the molecule is C=C(F)C(=C)N1CC(C(=N)c2c(-c3cnn(C/C=N/NC)c3)ccnc2Nc2ccc(C)cc2)C1. The molecule has 1 aromatic carbocycles. The zero-order valence-electron chi connectivity index (χ0n) is 19.9. The van der Waals surface area contributed by atoms with Crippen LogP contribution < -0.4 is 10.7 Å². The standard InChI is InChI=1S/C26H29FN8/c1-17-5-7-22(8-6-17)33-26-24(25(28)21-14-34(15-21)19(3)18(2)27)23(9-10-30-26)20-13-32-35(16-20)12-11-31-29-4/h5-11,13,16,21,28-29H,2-3,12,14-15H2,1,4H3,(H,30,33)/b28-25?,31-11+. The Morgan fingerprint density at radius 1 is 1.26 bits per heavy atom. The molecule has 8 nitrogen and oxygen atoms in total. The second kappa shape index (κ2) is 10.3. The molecule has 3 N–H and O–H groups in total. The van der Waals surface area contributed by atoms with Gasteiger partial charge in [0.15, 0.2) is 0 Å². The van der Waals surface area contributed by atoms with Crippen LogP contribution in [0.5, 0.6) is 0 Å². The van der Waals surface area contributed by atoms with Gasteiger partial charge >= 0.3 is 0 Å². The number of hydrazone groups is 1. The summed E-state index contributed by atoms with van der Waals surface area (Å²) in [5, 5.41) is 20.9. The maximum Gasteiger partial charge on any atom is 0.140 e. The van der Waals surface area contributed by atoms with Gasteiger partial charge in [0.25, 0.3) is 0 Å². The van der Waals surface area contributed by atoms with Crippen LogP contribution in [0.2, 0.25) is 0 Å². The van der Waals surface area contributed by atoms with Crippen LogP contribution in [0.4, 0.5) is 15.9 Å². The van der Waals surface area contributed by atoms with E-state index in [1.165, 1.54) is 0 Å². The van der Waals surface area contributed by atoms with Crippen LogP contribution in [0.25, 0.3) is 11.1 Å². The molecule has 0 spiro atoms. The Bertz CT molecular complexity index is 1270. The lowest BCUT2D eigenvalue weighted by Crippen LogP contribution is -2.49. The van der Waals surface area contributed by atoms with Gasteiger partial charge in [0.2, 0.25) is 0 Å². The highest BCUT2D eigenvalue weighted by Crippen LogP contribution is 2.35. The molecule has 0 atom stereocenters. The number of anilines is 2. The van der Waals surface area contributed by atoms with Crippen LogP contribution >= 0.6 is 0 Å². The quantitative estimate of drug-likeness (QED) is 0.230. The van der Waals surface area contributed by atoms with E-state index in [1.807, 2.05) is 43.5 Å². The summed E-state index contributed by atoms with van der Waals surface area (Å²) in [6, 6.07) is 9.91. The summed E-state index contributed by atoms with van der Waals surface area (Å²) >= 11 is 0. The third-order valence-electron chi connectivity index (χ3n) is 5.95. The summed E-state index contributed by atoms with van der Waals surface area (Å²) in [7, 11) is 1.74. The lowest BCUT2D eigenvalue weighted by molar-refractivity contribution is 0.191. The molecule has 180 valence electrons. The maximum absolute atomic E-state index is 13.5. The van der Waals surface area contributed by atoms with Crippen LogP contribution in [-0.4, -0.2) is 51.7 Å². The van der Waals surface area contributed by atoms with Crippen LogP contribution in [0, 0.1) is 18.3 Å². The molecule has 0 amide bonds. The molecule has 0 unspecified atom stereocenters. The molecule has 1 fully saturated rings. The second-order valence-corrected chi connectivity index (χ2v) is 8.43. The zero-order chi connectivity index (χ0) is 24.9. The van der Waals surface area contributed by atoms with E-state index in [1.54, 1.807) is 35.2 Å². The summed E-state index contributed by atoms with van der Waals surface area (Å²) in [6.07, 6.45) is 7.15. The monoisotopic (exact) mass is 472 g/mol. The molecule has 0 saturated carbocycles. The third kappa shape index (κ3) is 5.29. The Labute approximate surface area is 204 Å². The molecule has 0 radical (unpaired) electrons. The highest BCUT2D eigenvalue weighted by Gasteiger charge is 2.34. The molecular weight excluding hydrogens is 443 g/mol. The molecule has 9 heteroatoms. The first-order valence-corrected chi connectivity index (χ1v) is 11.3. The number of hydrogen-bond donors (Lipinski definition) is 3. The first kappa shape index (κ1) is 23.9. The lowest BCUT2D eigenvalue weighted by atomic mass is 9.86. The number of aryl methyl sites for hydroxylation is 1. The Morgan fingerprint density at radius 2 is 2.00 bits per heavy atom. The fourth-order valence-electron chi connectivity index (χ4n) is 3.92. The van der Waals surface area contributed by atoms with E-state index < -0.39 is 5.83 Å². The summed E-state index contributed by atoms with van der Waals surface area (Å²) in [6.45, 7) is 10.6. The number of nitrogens with zero attached hydrogens (tertiary/aromatic N) is 5. The van der Waals surface area contributed by atoms with Crippen molar-refractivity contribution in [3.8, 4) is 11.1 Å². The molecule has 1 saturated heterocycles. The van der Waals surface area contributed by atoms with Crippen molar-refractivity contribution < 1.29 is 4.39 Å². The van der Waals surface area contributed by atoms with Gasteiger partial charge in [0.05, 0.1) is 18.4 Å². The number of rotatable bonds is 10. The fraction of sp³-hybridized carbons (Fsp3) is 0.231. The first-order valence-electron chi connectivity index (χ1n) is 11.3. The first-order chi connectivity index (χ1) is 16.9. The lowest BCUT2D eigenvalue weighted by Gasteiger charge is -2.42. The number of hydrogen-bond acceptors (Lipinski definition) is 7. The van der Waals surface area contributed by atoms with E-state index in [9.17, 15) is 4.39 Å². The number of benzene rings is 1. The topological polar surface area (TPSA) is 94.2 Å². The Hall–Kier alpha value is -4.27. The number of pyridine rings is 1. The molecule has 35 heavy (non-hydrogen) atoms. The van der Waals surface area contributed by atoms with Crippen LogP contribution in [-0.2, 0) is 6.54 Å². The van der Waals surface area contributed by atoms with Crippen LogP contribution in [0.3, 0.4) is 0 Å². The molecule has 1 aliphatic heterocycles. The third-order valence-corrected chi connectivity index (χ3v) is 5.95. The van der Waals surface area contributed by atoms with Gasteiger partial charge < -0.3 is 21.1 Å². The fourth-order valence-corrected chi connectivity index (χ4v) is 3.92. The molecule has 3 aromatic rings. The number of likely N-dealkylation sites (tertiary alicyclic amines) is 1. The van der Waals surface area contributed by atoms with Crippen molar-refractivity contribution in [1.82, 2.24) is 25.1 Å². The minimum absolute atomic E-state index is 0.0922. The van der Waals surface area contributed by atoms with Crippen molar-refractivity contribution >= 4 is 23.4 Å². The maximum atomic E-state index is 13.5. The van der Waals surface area contributed by atoms with Gasteiger partial charge in [-0.25, -0.2) is 9.37 Å². The van der Waals surface area contributed by atoms with E-state index in [2.05, 4.69) is 39.1 Å². The van der Waals surface area contributed by atoms with Crippen molar-refractivity contribution in [2.45, 2.75) is 13.5 Å². The molecule has 1 aliphatic rings. The summed E-state index contributed by atoms with van der Waals surface area (Å²) < 4.78 is 15.3. The average molecular weight is 473 g/mol. The molecule has 0 bridgehead atoms. The highest BCUT2D eigenvalue weighted by molar-refractivity contribution is 6.10.